The zero-order valence-electron chi connectivity index (χ0n) is 22.5. The van der Waals surface area contributed by atoms with Crippen molar-refractivity contribution in [3.63, 3.8) is 0 Å². The standard InChI is InChI=1S/C28H35N5O5S/c1-3-22-18-38-28(35)33(22)23-7-8-24(25(16-23)32-9-4-14-39(32,36)37)27(34)31-12-10-30(11-13-31)26-19(2)15-21(17-29-26)20-5-6-20/h7-8,15-17,20,22H,3-6,9-14,18H2,1-2H3/t22-/m1/s1. The lowest BCUT2D eigenvalue weighted by Gasteiger charge is -2.36. The summed E-state index contributed by atoms with van der Waals surface area (Å²) in [5, 5.41) is 0. The number of benzene rings is 1. The first-order chi connectivity index (χ1) is 18.8. The monoisotopic (exact) mass is 553 g/mol. The van der Waals surface area contributed by atoms with E-state index in [-0.39, 0.29) is 24.3 Å². The van der Waals surface area contributed by atoms with Gasteiger partial charge in [0.25, 0.3) is 5.91 Å². The minimum atomic E-state index is -3.54. The summed E-state index contributed by atoms with van der Waals surface area (Å²) in [7, 11) is -3.54. The van der Waals surface area contributed by atoms with Gasteiger partial charge >= 0.3 is 6.09 Å². The van der Waals surface area contributed by atoms with Gasteiger partial charge in [0, 0.05) is 44.6 Å². The number of anilines is 3. The molecule has 2 aromatic rings. The second kappa shape index (κ2) is 10.0. The van der Waals surface area contributed by atoms with Crippen LogP contribution in [0.2, 0.25) is 0 Å². The Labute approximate surface area is 229 Å². The van der Waals surface area contributed by atoms with Crippen molar-refractivity contribution < 1.29 is 22.7 Å². The number of amides is 2. The third-order valence-corrected chi connectivity index (χ3v) is 10.1. The van der Waals surface area contributed by atoms with Crippen LogP contribution in [0.15, 0.2) is 30.5 Å². The number of aryl methyl sites for hydroxylation is 1. The van der Waals surface area contributed by atoms with Crippen LogP contribution in [-0.4, -0.2) is 81.4 Å². The summed E-state index contributed by atoms with van der Waals surface area (Å²) in [6.45, 7) is 6.98. The van der Waals surface area contributed by atoms with E-state index in [2.05, 4.69) is 17.9 Å². The summed E-state index contributed by atoms with van der Waals surface area (Å²) < 4.78 is 32.4. The fourth-order valence-electron chi connectivity index (χ4n) is 5.90. The molecule has 1 atom stereocenters. The van der Waals surface area contributed by atoms with Gasteiger partial charge < -0.3 is 14.5 Å². The molecule has 10 nitrogen and oxygen atoms in total. The molecule has 0 spiro atoms. The highest BCUT2D eigenvalue weighted by atomic mass is 32.2. The Hall–Kier alpha value is -3.34. The highest BCUT2D eigenvalue weighted by Crippen LogP contribution is 2.41. The van der Waals surface area contributed by atoms with Gasteiger partial charge in [0.1, 0.15) is 12.4 Å². The highest BCUT2D eigenvalue weighted by Gasteiger charge is 2.37. The zero-order valence-corrected chi connectivity index (χ0v) is 23.3. The molecule has 6 rings (SSSR count). The Bertz CT molecular complexity index is 1400. The number of cyclic esters (lactones) is 1. The molecular formula is C28H35N5O5S. The van der Waals surface area contributed by atoms with E-state index in [0.29, 0.717) is 68.4 Å². The molecule has 3 aliphatic heterocycles. The number of rotatable bonds is 6. The van der Waals surface area contributed by atoms with Crippen molar-refractivity contribution >= 4 is 39.2 Å². The molecule has 4 aliphatic rings. The maximum Gasteiger partial charge on any atom is 0.414 e. The van der Waals surface area contributed by atoms with Crippen molar-refractivity contribution in [2.45, 2.75) is 51.5 Å². The molecule has 4 heterocycles. The largest absolute Gasteiger partial charge is 0.447 e. The van der Waals surface area contributed by atoms with Gasteiger partial charge in [0.05, 0.1) is 23.0 Å². The number of hydrogen-bond donors (Lipinski definition) is 0. The van der Waals surface area contributed by atoms with E-state index in [4.69, 9.17) is 9.72 Å². The highest BCUT2D eigenvalue weighted by molar-refractivity contribution is 7.93. The number of aromatic nitrogens is 1. The first kappa shape index (κ1) is 25.9. The number of nitrogens with zero attached hydrogens (tertiary/aromatic N) is 5. The van der Waals surface area contributed by atoms with Gasteiger partial charge in [-0.25, -0.2) is 18.2 Å². The second-order valence-electron chi connectivity index (χ2n) is 10.9. The molecule has 2 amide bonds. The smallest absolute Gasteiger partial charge is 0.414 e. The van der Waals surface area contributed by atoms with E-state index < -0.39 is 16.1 Å². The number of carbonyl (C=O) groups is 2. The van der Waals surface area contributed by atoms with Crippen LogP contribution in [0.4, 0.5) is 22.0 Å². The van der Waals surface area contributed by atoms with Gasteiger partial charge in [-0.2, -0.15) is 0 Å². The molecule has 0 radical (unpaired) electrons. The third kappa shape index (κ3) is 4.81. The predicted molar refractivity (Wildman–Crippen MR) is 149 cm³/mol. The molecule has 1 saturated carbocycles. The van der Waals surface area contributed by atoms with Crippen molar-refractivity contribution in [3.05, 3.63) is 47.2 Å². The second-order valence-corrected chi connectivity index (χ2v) is 12.9. The van der Waals surface area contributed by atoms with Crippen molar-refractivity contribution in [2.24, 2.45) is 0 Å². The fourth-order valence-corrected chi connectivity index (χ4v) is 7.47. The average molecular weight is 554 g/mol. The lowest BCUT2D eigenvalue weighted by molar-refractivity contribution is 0.0747. The van der Waals surface area contributed by atoms with Gasteiger partial charge in [0.2, 0.25) is 10.0 Å². The van der Waals surface area contributed by atoms with Crippen molar-refractivity contribution in [1.29, 1.82) is 0 Å². The SMILES string of the molecule is CC[C@@H]1COC(=O)N1c1ccc(C(=O)N2CCN(c3ncc(C4CC4)cc3C)CC2)c(N2CCCS2(=O)=O)c1. The molecule has 1 aromatic heterocycles. The minimum Gasteiger partial charge on any atom is -0.447 e. The summed E-state index contributed by atoms with van der Waals surface area (Å²) in [5.41, 5.74) is 3.67. The number of ether oxygens (including phenoxy) is 1. The van der Waals surface area contributed by atoms with Gasteiger partial charge in [-0.05, 0) is 67.9 Å². The maximum atomic E-state index is 13.8. The molecule has 11 heteroatoms. The average Bonchev–Trinajstić information content (AvgIpc) is 3.63. The topological polar surface area (TPSA) is 103 Å². The predicted octanol–water partition coefficient (Wildman–Crippen LogP) is 3.50. The summed E-state index contributed by atoms with van der Waals surface area (Å²) in [4.78, 5) is 36.6. The van der Waals surface area contributed by atoms with Crippen molar-refractivity contribution in [3.8, 4) is 0 Å². The first-order valence-electron chi connectivity index (χ1n) is 13.9. The Kier molecular flexibility index (Phi) is 6.65. The van der Waals surface area contributed by atoms with E-state index in [1.54, 1.807) is 28.0 Å². The van der Waals surface area contributed by atoms with Crippen molar-refractivity contribution in [2.75, 3.05) is 59.2 Å². The van der Waals surface area contributed by atoms with E-state index in [1.165, 1.54) is 22.7 Å². The summed E-state index contributed by atoms with van der Waals surface area (Å²) >= 11 is 0. The number of pyridine rings is 1. The Balaban J connectivity index is 1.24. The van der Waals surface area contributed by atoms with Crippen LogP contribution < -0.4 is 14.1 Å². The van der Waals surface area contributed by atoms with Gasteiger partial charge in [-0.1, -0.05) is 13.0 Å². The van der Waals surface area contributed by atoms with E-state index in [9.17, 15) is 18.0 Å². The Morgan fingerprint density at radius 2 is 1.87 bits per heavy atom. The number of carbonyl (C=O) groups excluding carboxylic acids is 2. The molecule has 1 aliphatic carbocycles. The lowest BCUT2D eigenvalue weighted by atomic mass is 10.1. The first-order valence-corrected chi connectivity index (χ1v) is 15.5. The number of hydrogen-bond acceptors (Lipinski definition) is 7. The molecule has 0 unspecified atom stereocenters. The normalized spacial score (nSPS) is 22.9. The van der Waals surface area contributed by atoms with Crippen molar-refractivity contribution in [1.82, 2.24) is 9.88 Å². The maximum absolute atomic E-state index is 13.8. The van der Waals surface area contributed by atoms with E-state index in [1.807, 2.05) is 13.1 Å². The quantitative estimate of drug-likeness (QED) is 0.539. The van der Waals surface area contributed by atoms with Crippen LogP contribution in [0.5, 0.6) is 0 Å². The van der Waals surface area contributed by atoms with Crippen LogP contribution in [0.3, 0.4) is 0 Å². The summed E-state index contributed by atoms with van der Waals surface area (Å²) in [6, 6.07) is 7.15. The molecule has 3 saturated heterocycles. The summed E-state index contributed by atoms with van der Waals surface area (Å²) in [5.74, 6) is 1.45. The summed E-state index contributed by atoms with van der Waals surface area (Å²) in [6.07, 6.45) is 5.20. The molecule has 4 fully saturated rings. The minimum absolute atomic E-state index is 0.0404. The Morgan fingerprint density at radius 1 is 1.10 bits per heavy atom. The number of sulfonamides is 1. The molecular weight excluding hydrogens is 518 g/mol. The van der Waals surface area contributed by atoms with Crippen LogP contribution in [0.1, 0.15) is 60.0 Å². The fraction of sp³-hybridized carbons (Fsp3) is 0.536. The van der Waals surface area contributed by atoms with Crippen LogP contribution in [-0.2, 0) is 14.8 Å². The zero-order chi connectivity index (χ0) is 27.3. The van der Waals surface area contributed by atoms with Gasteiger partial charge in [-0.15, -0.1) is 0 Å². The molecule has 1 aromatic carbocycles. The van der Waals surface area contributed by atoms with Gasteiger partial charge in [-0.3, -0.25) is 14.0 Å². The van der Waals surface area contributed by atoms with E-state index >= 15 is 0 Å². The lowest BCUT2D eigenvalue weighted by Crippen LogP contribution is -2.49. The Morgan fingerprint density at radius 3 is 2.51 bits per heavy atom. The van der Waals surface area contributed by atoms with Crippen LogP contribution in [0, 0.1) is 6.92 Å². The molecule has 39 heavy (non-hydrogen) atoms. The van der Waals surface area contributed by atoms with Crippen LogP contribution in [0.25, 0.3) is 0 Å². The molecule has 208 valence electrons. The van der Waals surface area contributed by atoms with Gasteiger partial charge in [0.15, 0.2) is 0 Å². The molecule has 0 N–H and O–H groups in total. The van der Waals surface area contributed by atoms with Crippen LogP contribution >= 0.6 is 0 Å². The molecule has 0 bridgehead atoms. The number of piperazine rings is 1. The third-order valence-electron chi connectivity index (χ3n) is 8.28. The van der Waals surface area contributed by atoms with E-state index in [0.717, 1.165) is 11.4 Å².